The maximum atomic E-state index is 11.4. The number of hydrogen-bond donors (Lipinski definition) is 1. The Kier molecular flexibility index (Phi) is 8.92. The quantitative estimate of drug-likeness (QED) is 0.674. The molecule has 3 nitrogen and oxygen atoms in total. The summed E-state index contributed by atoms with van der Waals surface area (Å²) in [5, 5.41) is 9.71. The highest BCUT2D eigenvalue weighted by Gasteiger charge is 2.07. The predicted octanol–water partition coefficient (Wildman–Crippen LogP) is 3.59. The number of carbonyl (C=O) groups excluding carboxylic acids is 1. The Labute approximate surface area is 111 Å². The zero-order valence-corrected chi connectivity index (χ0v) is 11.5. The van der Waals surface area contributed by atoms with Gasteiger partial charge in [0.25, 0.3) is 0 Å². The van der Waals surface area contributed by atoms with Crippen LogP contribution in [0.25, 0.3) is 0 Å². The standard InChI is InChI=1S/C15H28O3/c16-14-10-8-6-4-2-1-3-5-7-9-11-15(17)18-13-12-14/h14,16H,1-13H2. The molecular formula is C15H28O3. The predicted molar refractivity (Wildman–Crippen MR) is 72.4 cm³/mol. The van der Waals surface area contributed by atoms with Crippen molar-refractivity contribution in [3.63, 3.8) is 0 Å². The fourth-order valence-corrected chi connectivity index (χ4v) is 2.41. The molecule has 106 valence electrons. The lowest BCUT2D eigenvalue weighted by Crippen LogP contribution is -2.13. The van der Waals surface area contributed by atoms with Crippen molar-refractivity contribution in [1.82, 2.24) is 0 Å². The molecule has 1 aliphatic heterocycles. The Balaban J connectivity index is 2.20. The van der Waals surface area contributed by atoms with Gasteiger partial charge in [-0.1, -0.05) is 51.4 Å². The van der Waals surface area contributed by atoms with Crippen LogP contribution in [0.3, 0.4) is 0 Å². The molecule has 1 unspecified atom stereocenters. The highest BCUT2D eigenvalue weighted by molar-refractivity contribution is 5.69. The van der Waals surface area contributed by atoms with Gasteiger partial charge in [-0.05, 0) is 12.8 Å². The molecule has 0 aromatic carbocycles. The topological polar surface area (TPSA) is 46.5 Å². The molecule has 0 aromatic rings. The van der Waals surface area contributed by atoms with Crippen LogP contribution in [0.15, 0.2) is 0 Å². The van der Waals surface area contributed by atoms with E-state index in [1.165, 1.54) is 38.5 Å². The first-order chi connectivity index (χ1) is 8.79. The van der Waals surface area contributed by atoms with Gasteiger partial charge in [0, 0.05) is 12.8 Å². The Bertz CT molecular complexity index is 216. The van der Waals surface area contributed by atoms with Crippen molar-refractivity contribution in [2.75, 3.05) is 6.61 Å². The van der Waals surface area contributed by atoms with E-state index in [9.17, 15) is 9.90 Å². The second-order valence-corrected chi connectivity index (χ2v) is 5.38. The molecule has 0 amide bonds. The van der Waals surface area contributed by atoms with Crippen molar-refractivity contribution in [1.29, 1.82) is 0 Å². The highest BCUT2D eigenvalue weighted by Crippen LogP contribution is 2.13. The second kappa shape index (κ2) is 10.4. The molecular weight excluding hydrogens is 228 g/mol. The van der Waals surface area contributed by atoms with Crippen LogP contribution in [0.1, 0.15) is 77.0 Å². The van der Waals surface area contributed by atoms with Crippen molar-refractivity contribution in [2.24, 2.45) is 0 Å². The molecule has 0 aromatic heterocycles. The highest BCUT2D eigenvalue weighted by atomic mass is 16.5. The van der Waals surface area contributed by atoms with Gasteiger partial charge in [0.1, 0.15) is 0 Å². The summed E-state index contributed by atoms with van der Waals surface area (Å²) in [6, 6.07) is 0. The Morgan fingerprint density at radius 2 is 1.39 bits per heavy atom. The van der Waals surface area contributed by atoms with Crippen molar-refractivity contribution in [2.45, 2.75) is 83.2 Å². The van der Waals surface area contributed by atoms with E-state index in [1.807, 2.05) is 0 Å². The summed E-state index contributed by atoms with van der Waals surface area (Å²) in [4.78, 5) is 11.4. The number of aliphatic hydroxyl groups is 1. The van der Waals surface area contributed by atoms with Gasteiger partial charge in [0.05, 0.1) is 12.7 Å². The van der Waals surface area contributed by atoms with E-state index < -0.39 is 0 Å². The molecule has 0 radical (unpaired) electrons. The molecule has 1 fully saturated rings. The summed E-state index contributed by atoms with van der Waals surface area (Å²) in [5.41, 5.74) is 0. The normalized spacial score (nSPS) is 26.5. The number of esters is 1. The smallest absolute Gasteiger partial charge is 0.305 e. The lowest BCUT2D eigenvalue weighted by molar-refractivity contribution is -0.144. The number of rotatable bonds is 0. The molecule has 1 N–H and O–H groups in total. The van der Waals surface area contributed by atoms with Crippen LogP contribution in [0, 0.1) is 0 Å². The number of aliphatic hydroxyl groups excluding tert-OH is 1. The number of ether oxygens (including phenoxy) is 1. The zero-order chi connectivity index (χ0) is 13.1. The molecule has 0 saturated carbocycles. The largest absolute Gasteiger partial charge is 0.466 e. The zero-order valence-electron chi connectivity index (χ0n) is 11.5. The van der Waals surface area contributed by atoms with Crippen molar-refractivity contribution in [3.05, 3.63) is 0 Å². The molecule has 1 rings (SSSR count). The lowest BCUT2D eigenvalue weighted by atomic mass is 10.0. The molecule has 0 spiro atoms. The maximum Gasteiger partial charge on any atom is 0.305 e. The Hall–Kier alpha value is -0.570. The summed E-state index contributed by atoms with van der Waals surface area (Å²) in [6.07, 6.45) is 12.5. The minimum Gasteiger partial charge on any atom is -0.466 e. The van der Waals surface area contributed by atoms with E-state index in [4.69, 9.17) is 4.74 Å². The average Bonchev–Trinajstić information content (AvgIpc) is 2.34. The van der Waals surface area contributed by atoms with Crippen molar-refractivity contribution >= 4 is 5.97 Å². The fraction of sp³-hybridized carbons (Fsp3) is 0.933. The van der Waals surface area contributed by atoms with Crippen molar-refractivity contribution in [3.8, 4) is 0 Å². The van der Waals surface area contributed by atoms with Gasteiger partial charge in [0.15, 0.2) is 0 Å². The van der Waals surface area contributed by atoms with Gasteiger partial charge in [-0.25, -0.2) is 0 Å². The van der Waals surface area contributed by atoms with E-state index in [0.717, 1.165) is 25.7 Å². The van der Waals surface area contributed by atoms with E-state index in [-0.39, 0.29) is 12.1 Å². The summed E-state index contributed by atoms with van der Waals surface area (Å²) in [7, 11) is 0. The van der Waals surface area contributed by atoms with Crippen LogP contribution in [0.2, 0.25) is 0 Å². The van der Waals surface area contributed by atoms with Crippen LogP contribution >= 0.6 is 0 Å². The third-order valence-electron chi connectivity index (χ3n) is 3.63. The molecule has 1 saturated heterocycles. The minimum atomic E-state index is -0.300. The SMILES string of the molecule is O=C1CCCCCCCCCCCC(O)CCO1. The van der Waals surface area contributed by atoms with E-state index >= 15 is 0 Å². The van der Waals surface area contributed by atoms with Crippen LogP contribution < -0.4 is 0 Å². The minimum absolute atomic E-state index is 0.103. The Morgan fingerprint density at radius 3 is 2.06 bits per heavy atom. The number of cyclic esters (lactones) is 1. The summed E-state index contributed by atoms with van der Waals surface area (Å²) < 4.78 is 5.11. The summed E-state index contributed by atoms with van der Waals surface area (Å²) in [5.74, 6) is -0.103. The molecule has 1 heterocycles. The van der Waals surface area contributed by atoms with Gasteiger partial charge in [-0.15, -0.1) is 0 Å². The third-order valence-corrected chi connectivity index (χ3v) is 3.63. The van der Waals surface area contributed by atoms with Crippen LogP contribution in [-0.4, -0.2) is 23.8 Å². The van der Waals surface area contributed by atoms with Gasteiger partial charge in [0.2, 0.25) is 0 Å². The van der Waals surface area contributed by atoms with E-state index in [1.54, 1.807) is 0 Å². The fourth-order valence-electron chi connectivity index (χ4n) is 2.41. The maximum absolute atomic E-state index is 11.4. The van der Waals surface area contributed by atoms with Crippen LogP contribution in [0.5, 0.6) is 0 Å². The summed E-state index contributed by atoms with van der Waals surface area (Å²) in [6.45, 7) is 0.375. The average molecular weight is 256 g/mol. The van der Waals surface area contributed by atoms with Crippen LogP contribution in [-0.2, 0) is 9.53 Å². The monoisotopic (exact) mass is 256 g/mol. The second-order valence-electron chi connectivity index (χ2n) is 5.38. The first-order valence-corrected chi connectivity index (χ1v) is 7.63. The molecule has 18 heavy (non-hydrogen) atoms. The first kappa shape index (κ1) is 15.5. The molecule has 1 atom stereocenters. The third kappa shape index (κ3) is 8.51. The molecule has 0 aliphatic carbocycles. The van der Waals surface area contributed by atoms with Gasteiger partial charge >= 0.3 is 5.97 Å². The first-order valence-electron chi connectivity index (χ1n) is 7.63. The van der Waals surface area contributed by atoms with Gasteiger partial charge < -0.3 is 9.84 Å². The number of hydrogen-bond acceptors (Lipinski definition) is 3. The molecule has 3 heteroatoms. The van der Waals surface area contributed by atoms with Crippen LogP contribution in [0.4, 0.5) is 0 Å². The Morgan fingerprint density at radius 1 is 0.833 bits per heavy atom. The lowest BCUT2D eigenvalue weighted by Gasteiger charge is -2.11. The number of carbonyl (C=O) groups is 1. The van der Waals surface area contributed by atoms with E-state index in [0.29, 0.717) is 19.4 Å². The molecule has 1 aliphatic rings. The summed E-state index contributed by atoms with van der Waals surface area (Å²) >= 11 is 0. The van der Waals surface area contributed by atoms with Gasteiger partial charge in [-0.3, -0.25) is 4.79 Å². The van der Waals surface area contributed by atoms with Gasteiger partial charge in [-0.2, -0.15) is 0 Å². The van der Waals surface area contributed by atoms with E-state index in [2.05, 4.69) is 0 Å². The van der Waals surface area contributed by atoms with Crippen molar-refractivity contribution < 1.29 is 14.6 Å². The molecule has 0 bridgehead atoms.